The quantitative estimate of drug-likeness (QED) is 0.935. The second kappa shape index (κ2) is 6.35. The molecule has 0 atom stereocenters. The topological polar surface area (TPSA) is 72.7 Å². The van der Waals surface area contributed by atoms with E-state index < -0.39 is 17.8 Å². The molecular formula is C14H16F3N5O. The highest BCUT2D eigenvalue weighted by atomic mass is 19.4. The maximum absolute atomic E-state index is 12.7. The van der Waals surface area contributed by atoms with E-state index in [2.05, 4.69) is 20.4 Å². The summed E-state index contributed by atoms with van der Waals surface area (Å²) in [5.74, 6) is -0.521. The number of nitrogens with zero attached hydrogens (tertiary/aromatic N) is 4. The summed E-state index contributed by atoms with van der Waals surface area (Å²) < 4.78 is 39.8. The zero-order chi connectivity index (χ0) is 17.2. The lowest BCUT2D eigenvalue weighted by Crippen LogP contribution is -2.25. The number of rotatable bonds is 4. The van der Waals surface area contributed by atoms with Gasteiger partial charge in [-0.05, 0) is 26.8 Å². The van der Waals surface area contributed by atoms with Crippen LogP contribution in [0.4, 0.5) is 13.2 Å². The van der Waals surface area contributed by atoms with E-state index in [4.69, 9.17) is 0 Å². The molecule has 23 heavy (non-hydrogen) atoms. The second-order valence-corrected chi connectivity index (χ2v) is 4.98. The van der Waals surface area contributed by atoms with Gasteiger partial charge in [0.05, 0.1) is 17.8 Å². The third-order valence-corrected chi connectivity index (χ3v) is 3.11. The Labute approximate surface area is 130 Å². The number of carbonyl (C=O) groups excluding carboxylic acids is 1. The summed E-state index contributed by atoms with van der Waals surface area (Å²) in [7, 11) is 0. The Morgan fingerprint density at radius 3 is 2.57 bits per heavy atom. The maximum atomic E-state index is 12.7. The Hall–Kier alpha value is -2.45. The van der Waals surface area contributed by atoms with E-state index in [9.17, 15) is 18.0 Å². The molecule has 9 heteroatoms. The lowest BCUT2D eigenvalue weighted by atomic mass is 10.2. The molecule has 0 unspecified atom stereocenters. The van der Waals surface area contributed by atoms with Crippen LogP contribution in [0.2, 0.25) is 0 Å². The average Bonchev–Trinajstić information content (AvgIpc) is 2.84. The minimum Gasteiger partial charge on any atom is -0.345 e. The highest BCUT2D eigenvalue weighted by Gasteiger charge is 2.33. The van der Waals surface area contributed by atoms with Gasteiger partial charge in [-0.2, -0.15) is 18.3 Å². The zero-order valence-electron chi connectivity index (χ0n) is 12.9. The fourth-order valence-electron chi connectivity index (χ4n) is 2.01. The first-order chi connectivity index (χ1) is 10.7. The third kappa shape index (κ3) is 4.05. The first kappa shape index (κ1) is 16.9. The number of amides is 1. The first-order valence-corrected chi connectivity index (χ1v) is 6.94. The van der Waals surface area contributed by atoms with Crippen LogP contribution in [0.3, 0.4) is 0 Å². The van der Waals surface area contributed by atoms with Crippen LogP contribution in [0, 0.1) is 13.8 Å². The van der Waals surface area contributed by atoms with Crippen LogP contribution in [0.5, 0.6) is 0 Å². The Bertz CT molecular complexity index is 724. The predicted molar refractivity (Wildman–Crippen MR) is 75.6 cm³/mol. The largest absolute Gasteiger partial charge is 0.433 e. The SMILES string of the molecule is CCn1cc(C(=O)NCc2nc(C)cc(C(F)(F)F)n2)c(C)n1. The molecule has 124 valence electrons. The molecule has 0 saturated heterocycles. The lowest BCUT2D eigenvalue weighted by Gasteiger charge is -2.09. The van der Waals surface area contributed by atoms with E-state index in [1.165, 1.54) is 6.92 Å². The van der Waals surface area contributed by atoms with Gasteiger partial charge in [-0.15, -0.1) is 0 Å². The number of carbonyl (C=O) groups is 1. The molecule has 0 bridgehead atoms. The summed E-state index contributed by atoms with van der Waals surface area (Å²) in [6.07, 6.45) is -2.96. The first-order valence-electron chi connectivity index (χ1n) is 6.94. The molecular weight excluding hydrogens is 311 g/mol. The Morgan fingerprint density at radius 1 is 1.30 bits per heavy atom. The van der Waals surface area contributed by atoms with Crippen LogP contribution in [0.15, 0.2) is 12.3 Å². The summed E-state index contributed by atoms with van der Waals surface area (Å²) in [6.45, 7) is 5.43. The molecule has 2 heterocycles. The molecule has 0 spiro atoms. The summed E-state index contributed by atoms with van der Waals surface area (Å²) in [6, 6.07) is 0.862. The number of aryl methyl sites for hydroxylation is 3. The highest BCUT2D eigenvalue weighted by Crippen LogP contribution is 2.27. The Balaban J connectivity index is 2.12. The van der Waals surface area contributed by atoms with Crippen molar-refractivity contribution < 1.29 is 18.0 Å². The van der Waals surface area contributed by atoms with Crippen molar-refractivity contribution in [2.75, 3.05) is 0 Å². The van der Waals surface area contributed by atoms with Crippen molar-refractivity contribution in [1.82, 2.24) is 25.1 Å². The number of hydrogen-bond donors (Lipinski definition) is 1. The molecule has 2 aromatic rings. The molecule has 0 aliphatic rings. The van der Waals surface area contributed by atoms with Crippen LogP contribution in [0.1, 0.15) is 40.2 Å². The van der Waals surface area contributed by atoms with E-state index in [1.807, 2.05) is 6.92 Å². The molecule has 2 rings (SSSR count). The molecule has 2 aromatic heterocycles. The molecule has 1 N–H and O–H groups in total. The van der Waals surface area contributed by atoms with Crippen LogP contribution < -0.4 is 5.32 Å². The molecule has 0 fully saturated rings. The van der Waals surface area contributed by atoms with Crippen LogP contribution in [0.25, 0.3) is 0 Å². The summed E-state index contributed by atoms with van der Waals surface area (Å²) in [5.41, 5.74) is 0.0804. The van der Waals surface area contributed by atoms with Crippen molar-refractivity contribution >= 4 is 5.91 Å². The second-order valence-electron chi connectivity index (χ2n) is 4.98. The standard InChI is InChI=1S/C14H16F3N5O/c1-4-22-7-10(9(3)21-22)13(23)18-6-12-19-8(2)5-11(20-12)14(15,16)17/h5,7H,4,6H2,1-3H3,(H,18,23). The van der Waals surface area contributed by atoms with Crippen LogP contribution >= 0.6 is 0 Å². The van der Waals surface area contributed by atoms with E-state index in [-0.39, 0.29) is 18.1 Å². The van der Waals surface area contributed by atoms with Crippen molar-refractivity contribution in [2.24, 2.45) is 0 Å². The van der Waals surface area contributed by atoms with Crippen molar-refractivity contribution in [2.45, 2.75) is 40.0 Å². The summed E-state index contributed by atoms with van der Waals surface area (Å²) in [4.78, 5) is 19.4. The number of aromatic nitrogens is 4. The monoisotopic (exact) mass is 327 g/mol. The Morgan fingerprint density at radius 2 is 2.00 bits per heavy atom. The summed E-state index contributed by atoms with van der Waals surface area (Å²) >= 11 is 0. The molecule has 6 nitrogen and oxygen atoms in total. The van der Waals surface area contributed by atoms with Gasteiger partial charge in [0.2, 0.25) is 0 Å². The van der Waals surface area contributed by atoms with Gasteiger partial charge in [0, 0.05) is 18.4 Å². The van der Waals surface area contributed by atoms with Crippen molar-refractivity contribution in [3.63, 3.8) is 0 Å². The molecule has 0 aliphatic carbocycles. The van der Waals surface area contributed by atoms with Crippen molar-refractivity contribution in [3.05, 3.63) is 40.7 Å². The number of alkyl halides is 3. The zero-order valence-corrected chi connectivity index (χ0v) is 12.9. The smallest absolute Gasteiger partial charge is 0.345 e. The van der Waals surface area contributed by atoms with Crippen molar-refractivity contribution in [3.8, 4) is 0 Å². The van der Waals surface area contributed by atoms with Gasteiger partial charge < -0.3 is 5.32 Å². The number of nitrogens with one attached hydrogen (secondary N) is 1. The van der Waals surface area contributed by atoms with E-state index in [0.29, 0.717) is 17.8 Å². The summed E-state index contributed by atoms with van der Waals surface area (Å²) in [5, 5.41) is 6.66. The fourth-order valence-corrected chi connectivity index (χ4v) is 2.01. The van der Waals surface area contributed by atoms with Crippen LogP contribution in [-0.2, 0) is 19.3 Å². The minimum absolute atomic E-state index is 0.0915. The normalized spacial score (nSPS) is 11.6. The van der Waals surface area contributed by atoms with Gasteiger partial charge in [-0.25, -0.2) is 9.97 Å². The molecule has 0 aromatic carbocycles. The van der Waals surface area contributed by atoms with Crippen molar-refractivity contribution in [1.29, 1.82) is 0 Å². The van der Waals surface area contributed by atoms with E-state index in [0.717, 1.165) is 6.07 Å². The number of halogens is 3. The van der Waals surface area contributed by atoms with Gasteiger partial charge >= 0.3 is 6.18 Å². The maximum Gasteiger partial charge on any atom is 0.433 e. The van der Waals surface area contributed by atoms with Gasteiger partial charge in [0.25, 0.3) is 5.91 Å². The molecule has 0 saturated carbocycles. The lowest BCUT2D eigenvalue weighted by molar-refractivity contribution is -0.141. The fraction of sp³-hybridized carbons (Fsp3) is 0.429. The van der Waals surface area contributed by atoms with Crippen LogP contribution in [-0.4, -0.2) is 25.7 Å². The minimum atomic E-state index is -4.55. The average molecular weight is 327 g/mol. The predicted octanol–water partition coefficient (Wildman–Crippen LogP) is 2.26. The Kier molecular flexibility index (Phi) is 4.67. The van der Waals surface area contributed by atoms with E-state index >= 15 is 0 Å². The molecule has 1 amide bonds. The van der Waals surface area contributed by atoms with Gasteiger partial charge in [-0.3, -0.25) is 9.48 Å². The third-order valence-electron chi connectivity index (χ3n) is 3.11. The highest BCUT2D eigenvalue weighted by molar-refractivity contribution is 5.94. The van der Waals surface area contributed by atoms with Gasteiger partial charge in [-0.1, -0.05) is 0 Å². The van der Waals surface area contributed by atoms with E-state index in [1.54, 1.807) is 17.8 Å². The van der Waals surface area contributed by atoms with Gasteiger partial charge in [0.1, 0.15) is 11.5 Å². The molecule has 0 aliphatic heterocycles. The van der Waals surface area contributed by atoms with Gasteiger partial charge in [0.15, 0.2) is 0 Å². The number of hydrogen-bond acceptors (Lipinski definition) is 4. The molecule has 0 radical (unpaired) electrons.